The van der Waals surface area contributed by atoms with Crippen LogP contribution in [-0.4, -0.2) is 12.7 Å². The maximum atomic E-state index is 5.44. The third-order valence-electron chi connectivity index (χ3n) is 1.67. The van der Waals surface area contributed by atoms with Crippen molar-refractivity contribution in [1.82, 2.24) is 0 Å². The zero-order chi connectivity index (χ0) is 8.15. The predicted octanol–water partition coefficient (Wildman–Crippen LogP) is 2.66. The first-order chi connectivity index (χ1) is 4.54. The molecule has 0 saturated heterocycles. The van der Waals surface area contributed by atoms with Crippen molar-refractivity contribution in [2.75, 3.05) is 6.61 Å². The maximum absolute atomic E-state index is 5.44. The summed E-state index contributed by atoms with van der Waals surface area (Å²) in [5.41, 5.74) is 0. The Bertz CT molecular complexity index is 76.8. The maximum Gasteiger partial charge on any atom is 0.0519 e. The minimum Gasteiger partial charge on any atom is -0.378 e. The van der Waals surface area contributed by atoms with Crippen LogP contribution in [0.4, 0.5) is 0 Å². The second-order valence-corrected chi connectivity index (χ2v) is 3.36. The highest BCUT2D eigenvalue weighted by Crippen LogP contribution is 2.12. The van der Waals surface area contributed by atoms with Crippen molar-refractivity contribution in [3.05, 3.63) is 5.92 Å². The molecular weight excluding hydrogens is 124 g/mol. The fourth-order valence-corrected chi connectivity index (χ4v) is 0.503. The molecule has 1 unspecified atom stereocenters. The van der Waals surface area contributed by atoms with E-state index >= 15 is 0 Å². The molecule has 1 radical (unpaired) electrons. The van der Waals surface area contributed by atoms with Gasteiger partial charge in [-0.3, -0.25) is 0 Å². The average Bonchev–Trinajstić information content (AvgIpc) is 1.82. The first-order valence-electron chi connectivity index (χ1n) is 3.95. The molecule has 0 N–H and O–H groups in total. The second kappa shape index (κ2) is 4.73. The third kappa shape index (κ3) is 4.80. The molecule has 0 aromatic carbocycles. The van der Waals surface area contributed by atoms with Gasteiger partial charge in [0.25, 0.3) is 0 Å². The van der Waals surface area contributed by atoms with Gasteiger partial charge in [-0.05, 0) is 25.7 Å². The molecule has 0 aliphatic carbocycles. The topological polar surface area (TPSA) is 9.23 Å². The fraction of sp³-hybridized carbons (Fsp3) is 0.889. The zero-order valence-electron chi connectivity index (χ0n) is 7.77. The molecule has 0 aromatic heterocycles. The highest BCUT2D eigenvalue weighted by molar-refractivity contribution is 4.83. The summed E-state index contributed by atoms with van der Waals surface area (Å²) in [6, 6.07) is 0. The Morgan fingerprint density at radius 1 is 1.20 bits per heavy atom. The lowest BCUT2D eigenvalue weighted by Crippen LogP contribution is -2.14. The number of rotatable bonds is 4. The molecule has 0 aliphatic rings. The summed E-state index contributed by atoms with van der Waals surface area (Å²) in [6.07, 6.45) is 0.363. The van der Waals surface area contributed by atoms with Gasteiger partial charge in [0.2, 0.25) is 0 Å². The van der Waals surface area contributed by atoms with Crippen LogP contribution in [-0.2, 0) is 4.74 Å². The molecule has 0 heterocycles. The Morgan fingerprint density at radius 2 is 1.70 bits per heavy atom. The molecule has 0 amide bonds. The van der Waals surface area contributed by atoms with Crippen LogP contribution in [0.2, 0.25) is 0 Å². The van der Waals surface area contributed by atoms with Crippen LogP contribution in [0.25, 0.3) is 0 Å². The van der Waals surface area contributed by atoms with E-state index in [-0.39, 0.29) is 0 Å². The summed E-state index contributed by atoms with van der Waals surface area (Å²) in [7, 11) is 0. The number of hydrogen-bond donors (Lipinski definition) is 0. The number of ether oxygens (including phenoxy) is 1. The molecule has 0 rings (SSSR count). The van der Waals surface area contributed by atoms with Gasteiger partial charge in [0.15, 0.2) is 0 Å². The van der Waals surface area contributed by atoms with Crippen molar-refractivity contribution >= 4 is 0 Å². The van der Waals surface area contributed by atoms with Gasteiger partial charge in [0.05, 0.1) is 6.10 Å². The summed E-state index contributed by atoms with van der Waals surface area (Å²) in [5.74, 6) is 2.04. The normalized spacial score (nSPS) is 14.7. The van der Waals surface area contributed by atoms with Crippen molar-refractivity contribution in [3.8, 4) is 0 Å². The van der Waals surface area contributed by atoms with Crippen LogP contribution in [0.15, 0.2) is 0 Å². The van der Waals surface area contributed by atoms with Crippen LogP contribution in [0.3, 0.4) is 0 Å². The van der Waals surface area contributed by atoms with E-state index in [4.69, 9.17) is 4.74 Å². The summed E-state index contributed by atoms with van der Waals surface area (Å²) in [4.78, 5) is 0. The number of hydrogen-bond acceptors (Lipinski definition) is 1. The molecule has 0 bridgehead atoms. The van der Waals surface area contributed by atoms with Gasteiger partial charge in [-0.1, -0.05) is 20.8 Å². The van der Waals surface area contributed by atoms with Crippen LogP contribution in [0, 0.1) is 11.8 Å². The molecule has 0 aromatic rings. The Morgan fingerprint density at radius 3 is 2.00 bits per heavy atom. The quantitative estimate of drug-likeness (QED) is 0.588. The van der Waals surface area contributed by atoms with Crippen molar-refractivity contribution in [2.45, 2.75) is 40.7 Å². The Hall–Kier alpha value is -0.0400. The van der Waals surface area contributed by atoms with Crippen molar-refractivity contribution < 1.29 is 4.74 Å². The predicted molar refractivity (Wildman–Crippen MR) is 44.8 cm³/mol. The van der Waals surface area contributed by atoms with E-state index in [0.29, 0.717) is 12.0 Å². The summed E-state index contributed by atoms with van der Waals surface area (Å²) in [5, 5.41) is 0. The Kier molecular flexibility index (Phi) is 4.71. The van der Waals surface area contributed by atoms with E-state index in [9.17, 15) is 0 Å². The van der Waals surface area contributed by atoms with E-state index in [2.05, 4.69) is 34.6 Å². The van der Waals surface area contributed by atoms with E-state index in [1.54, 1.807) is 0 Å². The molecule has 0 saturated carbocycles. The highest BCUT2D eigenvalue weighted by atomic mass is 16.5. The van der Waals surface area contributed by atoms with E-state index < -0.39 is 0 Å². The van der Waals surface area contributed by atoms with Crippen LogP contribution in [0.5, 0.6) is 0 Å². The SMILES string of the molecule is C[C](C)C(C)COC(C)C. The van der Waals surface area contributed by atoms with E-state index in [0.717, 1.165) is 6.61 Å². The molecule has 1 atom stereocenters. The molecule has 0 fully saturated rings. The van der Waals surface area contributed by atoms with Crippen LogP contribution in [0.1, 0.15) is 34.6 Å². The smallest absolute Gasteiger partial charge is 0.0519 e. The van der Waals surface area contributed by atoms with E-state index in [1.807, 2.05) is 0 Å². The molecule has 61 valence electrons. The van der Waals surface area contributed by atoms with E-state index in [1.165, 1.54) is 5.92 Å². The molecule has 1 heteroatoms. The van der Waals surface area contributed by atoms with Crippen LogP contribution >= 0.6 is 0 Å². The minimum absolute atomic E-state index is 0.363. The lowest BCUT2D eigenvalue weighted by Gasteiger charge is -2.16. The largest absolute Gasteiger partial charge is 0.378 e. The Balaban J connectivity index is 3.30. The highest BCUT2D eigenvalue weighted by Gasteiger charge is 2.07. The summed E-state index contributed by atoms with van der Waals surface area (Å²) in [6.45, 7) is 11.5. The van der Waals surface area contributed by atoms with Gasteiger partial charge >= 0.3 is 0 Å². The molecule has 1 nitrogen and oxygen atoms in total. The van der Waals surface area contributed by atoms with Crippen molar-refractivity contribution in [1.29, 1.82) is 0 Å². The van der Waals surface area contributed by atoms with Gasteiger partial charge in [-0.15, -0.1) is 0 Å². The fourth-order valence-electron chi connectivity index (χ4n) is 0.503. The van der Waals surface area contributed by atoms with Crippen molar-refractivity contribution in [2.24, 2.45) is 5.92 Å². The first kappa shape index (κ1) is 9.96. The monoisotopic (exact) mass is 143 g/mol. The van der Waals surface area contributed by atoms with Gasteiger partial charge in [0, 0.05) is 6.61 Å². The standard InChI is InChI=1S/C9H19O/c1-7(2)9(5)6-10-8(3)4/h8-9H,6H2,1-5H3. The molecule has 0 aliphatic heterocycles. The minimum atomic E-state index is 0.363. The molecule has 10 heavy (non-hydrogen) atoms. The van der Waals surface area contributed by atoms with Gasteiger partial charge in [0.1, 0.15) is 0 Å². The average molecular weight is 143 g/mol. The summed E-state index contributed by atoms with van der Waals surface area (Å²) >= 11 is 0. The Labute approximate surface area is 64.8 Å². The van der Waals surface area contributed by atoms with Gasteiger partial charge < -0.3 is 4.74 Å². The zero-order valence-corrected chi connectivity index (χ0v) is 7.77. The molecular formula is C9H19O. The molecule has 0 spiro atoms. The van der Waals surface area contributed by atoms with Crippen LogP contribution < -0.4 is 0 Å². The lowest BCUT2D eigenvalue weighted by molar-refractivity contribution is 0.0586. The summed E-state index contributed by atoms with van der Waals surface area (Å²) < 4.78 is 5.44. The van der Waals surface area contributed by atoms with Gasteiger partial charge in [-0.25, -0.2) is 0 Å². The third-order valence-corrected chi connectivity index (χ3v) is 1.67. The van der Waals surface area contributed by atoms with Gasteiger partial charge in [-0.2, -0.15) is 0 Å². The van der Waals surface area contributed by atoms with Crippen molar-refractivity contribution in [3.63, 3.8) is 0 Å². The first-order valence-corrected chi connectivity index (χ1v) is 3.95. The second-order valence-electron chi connectivity index (χ2n) is 3.36. The lowest BCUT2D eigenvalue weighted by atomic mass is 9.99.